The summed E-state index contributed by atoms with van der Waals surface area (Å²) in [4.78, 5) is 10.4. The molecule has 0 radical (unpaired) electrons. The highest BCUT2D eigenvalue weighted by atomic mass is 19.3. The summed E-state index contributed by atoms with van der Waals surface area (Å²) >= 11 is 0. The standard InChI is InChI=1S/C12H17F2N3O2/c1-8(16-6-7-17-12(15)18)9-2-4-10(5-3-9)19-11(13)14/h2-5,8,11,16H,6-7H2,1H3,(H3,15,17,18). The molecule has 0 aliphatic heterocycles. The molecule has 0 aromatic heterocycles. The van der Waals surface area contributed by atoms with E-state index in [4.69, 9.17) is 5.73 Å². The Morgan fingerprint density at radius 2 is 1.95 bits per heavy atom. The van der Waals surface area contributed by atoms with Crippen LogP contribution in [0.1, 0.15) is 18.5 Å². The number of rotatable bonds is 7. The maximum atomic E-state index is 12.0. The normalized spacial score (nSPS) is 12.2. The first kappa shape index (κ1) is 15.2. The molecule has 1 rings (SSSR count). The van der Waals surface area contributed by atoms with Crippen molar-refractivity contribution >= 4 is 6.03 Å². The number of urea groups is 1. The second-order valence-corrected chi connectivity index (χ2v) is 3.91. The van der Waals surface area contributed by atoms with Crippen molar-refractivity contribution in [1.82, 2.24) is 10.6 Å². The molecule has 0 saturated heterocycles. The average molecular weight is 273 g/mol. The molecule has 4 N–H and O–H groups in total. The Balaban J connectivity index is 2.39. The minimum Gasteiger partial charge on any atom is -0.435 e. The number of carbonyl (C=O) groups excluding carboxylic acids is 1. The highest BCUT2D eigenvalue weighted by molar-refractivity contribution is 5.71. The van der Waals surface area contributed by atoms with Gasteiger partial charge in [-0.2, -0.15) is 8.78 Å². The van der Waals surface area contributed by atoms with Gasteiger partial charge in [-0.1, -0.05) is 12.1 Å². The maximum absolute atomic E-state index is 12.0. The monoisotopic (exact) mass is 273 g/mol. The molecule has 2 amide bonds. The van der Waals surface area contributed by atoms with Crippen molar-refractivity contribution < 1.29 is 18.3 Å². The first-order chi connectivity index (χ1) is 8.99. The molecule has 0 spiro atoms. The van der Waals surface area contributed by atoms with Crippen LogP contribution in [-0.4, -0.2) is 25.7 Å². The predicted molar refractivity (Wildman–Crippen MR) is 67.1 cm³/mol. The maximum Gasteiger partial charge on any atom is 0.387 e. The fourth-order valence-electron chi connectivity index (χ4n) is 1.53. The van der Waals surface area contributed by atoms with Crippen LogP contribution in [0.2, 0.25) is 0 Å². The van der Waals surface area contributed by atoms with Crippen LogP contribution in [0.4, 0.5) is 13.6 Å². The molecule has 1 aromatic rings. The lowest BCUT2D eigenvalue weighted by Crippen LogP contribution is -2.35. The number of alkyl halides is 2. The van der Waals surface area contributed by atoms with Crippen LogP contribution in [0.5, 0.6) is 5.75 Å². The third-order valence-electron chi connectivity index (χ3n) is 2.48. The van der Waals surface area contributed by atoms with Crippen LogP contribution in [-0.2, 0) is 0 Å². The number of carbonyl (C=O) groups is 1. The summed E-state index contributed by atoms with van der Waals surface area (Å²) in [6.45, 7) is 0.0834. The lowest BCUT2D eigenvalue weighted by Gasteiger charge is -2.15. The number of hydrogen-bond acceptors (Lipinski definition) is 3. The van der Waals surface area contributed by atoms with Gasteiger partial charge >= 0.3 is 12.6 Å². The zero-order valence-corrected chi connectivity index (χ0v) is 10.5. The van der Waals surface area contributed by atoms with E-state index in [1.165, 1.54) is 12.1 Å². The topological polar surface area (TPSA) is 76.4 Å². The molecule has 0 saturated carbocycles. The molecule has 0 fully saturated rings. The molecule has 0 aliphatic rings. The van der Waals surface area contributed by atoms with E-state index in [2.05, 4.69) is 15.4 Å². The molecule has 1 atom stereocenters. The van der Waals surface area contributed by atoms with Gasteiger partial charge in [0.1, 0.15) is 5.75 Å². The quantitative estimate of drug-likeness (QED) is 0.660. The van der Waals surface area contributed by atoms with Crippen molar-refractivity contribution in [2.75, 3.05) is 13.1 Å². The van der Waals surface area contributed by atoms with Gasteiger partial charge in [-0.3, -0.25) is 0 Å². The Morgan fingerprint density at radius 1 is 1.32 bits per heavy atom. The fourth-order valence-corrected chi connectivity index (χ4v) is 1.53. The van der Waals surface area contributed by atoms with Crippen LogP contribution in [0.25, 0.3) is 0 Å². The van der Waals surface area contributed by atoms with E-state index < -0.39 is 12.6 Å². The minimum atomic E-state index is -2.82. The average Bonchev–Trinajstić information content (AvgIpc) is 2.34. The molecular formula is C12H17F2N3O2. The first-order valence-corrected chi connectivity index (χ1v) is 5.80. The third-order valence-corrected chi connectivity index (χ3v) is 2.48. The van der Waals surface area contributed by atoms with Crippen molar-refractivity contribution in [3.8, 4) is 5.75 Å². The fraction of sp³-hybridized carbons (Fsp3) is 0.417. The number of benzene rings is 1. The molecule has 106 valence electrons. The molecule has 19 heavy (non-hydrogen) atoms. The highest BCUT2D eigenvalue weighted by Gasteiger charge is 2.07. The van der Waals surface area contributed by atoms with Gasteiger partial charge in [-0.15, -0.1) is 0 Å². The first-order valence-electron chi connectivity index (χ1n) is 5.80. The van der Waals surface area contributed by atoms with Gasteiger partial charge in [0.2, 0.25) is 0 Å². The van der Waals surface area contributed by atoms with Crippen molar-refractivity contribution in [2.24, 2.45) is 5.73 Å². The predicted octanol–water partition coefficient (Wildman–Crippen LogP) is 1.61. The molecule has 7 heteroatoms. The van der Waals surface area contributed by atoms with Crippen molar-refractivity contribution in [3.63, 3.8) is 0 Å². The number of nitrogens with two attached hydrogens (primary N) is 1. The summed E-state index contributed by atoms with van der Waals surface area (Å²) in [6.07, 6.45) is 0. The molecule has 1 unspecified atom stereocenters. The Kier molecular flexibility index (Phi) is 6.01. The van der Waals surface area contributed by atoms with Gasteiger partial charge in [0.15, 0.2) is 0 Å². The van der Waals surface area contributed by atoms with Crippen LogP contribution >= 0.6 is 0 Å². The van der Waals surface area contributed by atoms with E-state index in [0.29, 0.717) is 13.1 Å². The zero-order valence-electron chi connectivity index (χ0n) is 10.5. The Bertz CT molecular complexity index is 398. The van der Waals surface area contributed by atoms with Crippen LogP contribution in [0.3, 0.4) is 0 Å². The second-order valence-electron chi connectivity index (χ2n) is 3.91. The molecule has 0 bridgehead atoms. The summed E-state index contributed by atoms with van der Waals surface area (Å²) < 4.78 is 28.2. The summed E-state index contributed by atoms with van der Waals surface area (Å²) in [5.74, 6) is 0.126. The van der Waals surface area contributed by atoms with Crippen LogP contribution < -0.4 is 21.1 Å². The Morgan fingerprint density at radius 3 is 2.47 bits per heavy atom. The number of ether oxygens (including phenoxy) is 1. The molecule has 0 heterocycles. The lowest BCUT2D eigenvalue weighted by molar-refractivity contribution is -0.0498. The van der Waals surface area contributed by atoms with Gasteiger partial charge in [-0.25, -0.2) is 4.79 Å². The lowest BCUT2D eigenvalue weighted by atomic mass is 10.1. The number of primary amides is 1. The van der Waals surface area contributed by atoms with E-state index in [0.717, 1.165) is 5.56 Å². The summed E-state index contributed by atoms with van der Waals surface area (Å²) in [6, 6.07) is 5.84. The van der Waals surface area contributed by atoms with Crippen molar-refractivity contribution in [3.05, 3.63) is 29.8 Å². The largest absolute Gasteiger partial charge is 0.435 e. The number of halogens is 2. The minimum absolute atomic E-state index is 0.0234. The van der Waals surface area contributed by atoms with E-state index in [1.807, 2.05) is 6.92 Å². The zero-order chi connectivity index (χ0) is 14.3. The van der Waals surface area contributed by atoms with Gasteiger partial charge in [0.05, 0.1) is 0 Å². The summed E-state index contributed by atoms with van der Waals surface area (Å²) in [5.41, 5.74) is 5.86. The number of nitrogens with one attached hydrogen (secondary N) is 2. The van der Waals surface area contributed by atoms with E-state index in [1.54, 1.807) is 12.1 Å². The molecule has 0 aliphatic carbocycles. The Hall–Kier alpha value is -1.89. The summed E-state index contributed by atoms with van der Waals surface area (Å²) in [7, 11) is 0. The van der Waals surface area contributed by atoms with Gasteiger partial charge in [-0.05, 0) is 24.6 Å². The number of amides is 2. The van der Waals surface area contributed by atoms with E-state index >= 15 is 0 Å². The van der Waals surface area contributed by atoms with Crippen molar-refractivity contribution in [2.45, 2.75) is 19.6 Å². The van der Waals surface area contributed by atoms with E-state index in [-0.39, 0.29) is 11.8 Å². The molecule has 5 nitrogen and oxygen atoms in total. The Labute approximate surface area is 110 Å². The van der Waals surface area contributed by atoms with Gasteiger partial charge in [0, 0.05) is 19.1 Å². The molecule has 1 aromatic carbocycles. The van der Waals surface area contributed by atoms with Gasteiger partial charge < -0.3 is 21.1 Å². The number of hydrogen-bond donors (Lipinski definition) is 3. The van der Waals surface area contributed by atoms with Crippen molar-refractivity contribution in [1.29, 1.82) is 0 Å². The second kappa shape index (κ2) is 7.52. The summed E-state index contributed by atoms with van der Waals surface area (Å²) in [5, 5.41) is 5.61. The van der Waals surface area contributed by atoms with Crippen LogP contribution in [0, 0.1) is 0 Å². The van der Waals surface area contributed by atoms with Crippen LogP contribution in [0.15, 0.2) is 24.3 Å². The van der Waals surface area contributed by atoms with Gasteiger partial charge in [0.25, 0.3) is 0 Å². The highest BCUT2D eigenvalue weighted by Crippen LogP contribution is 2.18. The SMILES string of the molecule is CC(NCCNC(N)=O)c1ccc(OC(F)F)cc1. The third kappa shape index (κ3) is 6.01. The van der Waals surface area contributed by atoms with E-state index in [9.17, 15) is 13.6 Å². The molecular weight excluding hydrogens is 256 g/mol. The smallest absolute Gasteiger partial charge is 0.387 e.